The lowest BCUT2D eigenvalue weighted by atomic mass is 10.1. The second-order valence-corrected chi connectivity index (χ2v) is 25.7. The predicted octanol–water partition coefficient (Wildman–Crippen LogP) is 18.4. The fourth-order valence-corrected chi connectivity index (χ4v) is 11.2. The van der Waals surface area contributed by atoms with Gasteiger partial charge in [0.25, 0.3) is 23.6 Å². The molecule has 0 saturated carbocycles. The number of amides is 8. The summed E-state index contributed by atoms with van der Waals surface area (Å²) in [5.74, 6) is -1.32. The van der Waals surface area contributed by atoms with Crippen molar-refractivity contribution in [1.82, 2.24) is 19.9 Å². The molecule has 0 atom stereocenters. The predicted molar refractivity (Wildman–Crippen MR) is 402 cm³/mol. The molecule has 0 fully saturated rings. The zero-order valence-electron chi connectivity index (χ0n) is 60.0. The van der Waals surface area contributed by atoms with Gasteiger partial charge in [-0.3, -0.25) is 38.4 Å². The van der Waals surface area contributed by atoms with Crippen LogP contribution in [0.3, 0.4) is 0 Å². The summed E-state index contributed by atoms with van der Waals surface area (Å²) in [5, 5.41) is 22.4. The van der Waals surface area contributed by atoms with Crippen LogP contribution in [0, 0.1) is 0 Å². The number of rotatable bonds is 50. The summed E-state index contributed by atoms with van der Waals surface area (Å²) in [6.07, 6.45) is 31.5. The summed E-state index contributed by atoms with van der Waals surface area (Å²) in [7, 11) is 0. The van der Waals surface area contributed by atoms with Gasteiger partial charge in [0, 0.05) is 54.4 Å². The molecular formula is C79H108N12O10. The molecule has 101 heavy (non-hydrogen) atoms. The quantitative estimate of drug-likeness (QED) is 0.0165. The van der Waals surface area contributed by atoms with E-state index in [4.69, 9.17) is 9.47 Å². The Morgan fingerprint density at radius 1 is 0.257 bits per heavy atom. The number of carbonyl (C=O) groups is 8. The lowest BCUT2D eigenvalue weighted by Gasteiger charge is -2.14. The Kier molecular flexibility index (Phi) is 37.8. The third kappa shape index (κ3) is 33.0. The Balaban J connectivity index is 1.16. The molecule has 0 aliphatic heterocycles. The molecule has 6 aromatic rings. The summed E-state index contributed by atoms with van der Waals surface area (Å²) < 4.78 is 12.5. The maximum absolute atomic E-state index is 14.1. The van der Waals surface area contributed by atoms with Crippen molar-refractivity contribution in [3.8, 4) is 11.5 Å². The van der Waals surface area contributed by atoms with E-state index in [1.807, 2.05) is 0 Å². The molecule has 2 aromatic carbocycles. The minimum Gasteiger partial charge on any atom is -0.493 e. The Labute approximate surface area is 597 Å². The summed E-state index contributed by atoms with van der Waals surface area (Å²) >= 11 is 0. The molecule has 544 valence electrons. The molecule has 0 aliphatic carbocycles. The van der Waals surface area contributed by atoms with Crippen LogP contribution < -0.4 is 52.0 Å². The molecule has 0 unspecified atom stereocenters. The lowest BCUT2D eigenvalue weighted by molar-refractivity contribution is -0.117. The van der Waals surface area contributed by atoms with Gasteiger partial charge in [0.05, 0.1) is 13.2 Å². The molecule has 6 rings (SSSR count). The summed E-state index contributed by atoms with van der Waals surface area (Å²) in [6.45, 7) is 8.71. The third-order valence-corrected chi connectivity index (χ3v) is 16.8. The Morgan fingerprint density at radius 2 is 0.455 bits per heavy atom. The number of hydrogen-bond donors (Lipinski definition) is 8. The molecule has 8 N–H and O–H groups in total. The van der Waals surface area contributed by atoms with Crippen LogP contribution in [0.25, 0.3) is 0 Å². The number of anilines is 8. The largest absolute Gasteiger partial charge is 0.493 e. The van der Waals surface area contributed by atoms with Crippen LogP contribution in [0.5, 0.6) is 11.5 Å². The van der Waals surface area contributed by atoms with Crippen LogP contribution in [0.4, 0.5) is 46.5 Å². The second-order valence-electron chi connectivity index (χ2n) is 25.7. The first-order valence-corrected chi connectivity index (χ1v) is 37.1. The van der Waals surface area contributed by atoms with Crippen molar-refractivity contribution in [3.05, 3.63) is 131 Å². The van der Waals surface area contributed by atoms with Crippen molar-refractivity contribution < 1.29 is 47.8 Å². The number of unbranched alkanes of at least 4 members (excludes halogenated alkanes) is 24. The van der Waals surface area contributed by atoms with Crippen LogP contribution in [0.2, 0.25) is 0 Å². The molecule has 0 aliphatic rings. The lowest BCUT2D eigenvalue weighted by Crippen LogP contribution is -2.18. The summed E-state index contributed by atoms with van der Waals surface area (Å²) in [5.41, 5.74) is 0.149. The van der Waals surface area contributed by atoms with Crippen molar-refractivity contribution in [1.29, 1.82) is 0 Å². The molecule has 0 saturated heterocycles. The first-order valence-electron chi connectivity index (χ1n) is 37.1. The van der Waals surface area contributed by atoms with Crippen molar-refractivity contribution in [2.75, 3.05) is 55.7 Å². The van der Waals surface area contributed by atoms with Crippen LogP contribution in [-0.2, 0) is 19.2 Å². The number of pyridine rings is 4. The number of carbonyl (C=O) groups excluding carboxylic acids is 8. The van der Waals surface area contributed by atoms with Gasteiger partial charge in [0.15, 0.2) is 0 Å². The molecule has 22 heteroatoms. The van der Waals surface area contributed by atoms with Gasteiger partial charge in [0.1, 0.15) is 58.0 Å². The first-order chi connectivity index (χ1) is 49.2. The van der Waals surface area contributed by atoms with Crippen LogP contribution in [0.15, 0.2) is 109 Å². The number of ether oxygens (including phenoxy) is 2. The monoisotopic (exact) mass is 1380 g/mol. The van der Waals surface area contributed by atoms with E-state index in [9.17, 15) is 38.4 Å². The zero-order valence-corrected chi connectivity index (χ0v) is 60.0. The van der Waals surface area contributed by atoms with E-state index in [0.717, 1.165) is 103 Å². The number of benzene rings is 2. The Hall–Kier alpha value is -9.60. The van der Waals surface area contributed by atoms with Crippen molar-refractivity contribution in [2.45, 2.75) is 240 Å². The van der Waals surface area contributed by atoms with Crippen LogP contribution in [0.1, 0.15) is 281 Å². The molecule has 0 spiro atoms. The van der Waals surface area contributed by atoms with E-state index < -0.39 is 23.6 Å². The van der Waals surface area contributed by atoms with E-state index in [-0.39, 0.29) is 124 Å². The number of hydrogen-bond acceptors (Lipinski definition) is 14. The van der Waals surface area contributed by atoms with Gasteiger partial charge in [-0.2, -0.15) is 0 Å². The Morgan fingerprint density at radius 3 is 0.673 bits per heavy atom. The molecule has 4 aromatic heterocycles. The average Bonchev–Trinajstić information content (AvgIpc) is 0.847. The highest BCUT2D eigenvalue weighted by atomic mass is 16.5. The number of nitrogens with zero attached hydrogens (tertiary/aromatic N) is 4. The maximum Gasteiger partial charge on any atom is 0.256 e. The second kappa shape index (κ2) is 47.4. The molecule has 0 bridgehead atoms. The minimum absolute atomic E-state index is 0.000839. The van der Waals surface area contributed by atoms with Crippen molar-refractivity contribution in [2.24, 2.45) is 0 Å². The van der Waals surface area contributed by atoms with E-state index in [1.165, 1.54) is 113 Å². The van der Waals surface area contributed by atoms with Gasteiger partial charge >= 0.3 is 0 Å². The molecule has 0 radical (unpaired) electrons. The highest BCUT2D eigenvalue weighted by Crippen LogP contribution is 2.25. The highest BCUT2D eigenvalue weighted by Gasteiger charge is 2.20. The van der Waals surface area contributed by atoms with Gasteiger partial charge in [0.2, 0.25) is 23.6 Å². The van der Waals surface area contributed by atoms with E-state index >= 15 is 0 Å². The fraction of sp³-hybridized carbons (Fsp3) is 0.494. The van der Waals surface area contributed by atoms with Crippen LogP contribution in [-0.4, -0.2) is 80.4 Å². The molecule has 4 heterocycles. The van der Waals surface area contributed by atoms with Gasteiger partial charge in [-0.05, 0) is 111 Å². The van der Waals surface area contributed by atoms with E-state index in [2.05, 4.69) is 90.2 Å². The highest BCUT2D eigenvalue weighted by molar-refractivity contribution is 6.10. The van der Waals surface area contributed by atoms with Gasteiger partial charge < -0.3 is 52.0 Å². The summed E-state index contributed by atoms with van der Waals surface area (Å²) in [6, 6.07) is 28.2. The van der Waals surface area contributed by atoms with Crippen LogP contribution >= 0.6 is 0 Å². The number of aromatic nitrogens is 4. The minimum atomic E-state index is -0.631. The van der Waals surface area contributed by atoms with Gasteiger partial charge in [-0.1, -0.05) is 206 Å². The third-order valence-electron chi connectivity index (χ3n) is 16.8. The number of nitrogens with one attached hydrogen (secondary N) is 8. The van der Waals surface area contributed by atoms with Crippen molar-refractivity contribution in [3.63, 3.8) is 0 Å². The fourth-order valence-electron chi connectivity index (χ4n) is 11.2. The molecule has 8 amide bonds. The normalized spacial score (nSPS) is 10.9. The van der Waals surface area contributed by atoms with Gasteiger partial charge in [-0.15, -0.1) is 0 Å². The molecular weight excluding hydrogens is 1280 g/mol. The maximum atomic E-state index is 14.1. The zero-order chi connectivity index (χ0) is 72.1. The topological polar surface area (TPSA) is 303 Å². The molecule has 22 nitrogen and oxygen atoms in total. The van der Waals surface area contributed by atoms with E-state index in [1.54, 1.807) is 72.8 Å². The van der Waals surface area contributed by atoms with Crippen molar-refractivity contribution >= 4 is 93.8 Å². The SMILES string of the molecule is CCCCCCCCCC(=O)Nc1cccc(NC(=O)c2cc(OCCCOc3cc(C(=O)Nc4cccc(NC(=O)CCCCCCCCC)n4)cc(C(=O)Nc4cccc(NC(=O)CCCCCCCCC)n4)c3)cc(C(=O)Nc3cccc(NC(=O)CCCCCCCCC)n3)c2)n1. The smallest absolute Gasteiger partial charge is 0.256 e. The average molecular weight is 1390 g/mol. The first kappa shape index (κ1) is 80.4. The van der Waals surface area contributed by atoms with E-state index in [0.29, 0.717) is 25.7 Å². The van der Waals surface area contributed by atoms with Gasteiger partial charge in [-0.25, -0.2) is 19.9 Å². The standard InChI is InChI=1S/C79H108N12O10/c1-5-9-13-17-21-25-29-46-72(92)84-64-38-33-42-68(80-64)88-76(96)58-52-59(77(97)89-69-43-34-39-65(81-69)85-73(93)47-30-26-22-18-14-10-6-2)55-62(54-58)100-50-37-51-101-63-56-60(78(98)90-70-44-35-40-66(82-70)86-74(94)48-31-27-23-19-15-11-7-3)53-61(57-63)79(99)91-71-45-36-41-67(83-71)87-75(95)49-32-28-24-20-16-12-8-4/h33-36,38-45,52-57H,5-32,37,46-51H2,1-4H3,(H2,80,84,88,92,96)(H2,81,85,89,93,97)(H2,82,86,90,94,98)(H2,83,87,91,95,99). The summed E-state index contributed by atoms with van der Waals surface area (Å²) in [4.78, 5) is 126. The Bertz CT molecular complexity index is 3120.